The molecule has 1 unspecified atom stereocenters. The maximum Gasteiger partial charge on any atom is 0.161 e. The first-order chi connectivity index (χ1) is 8.80. The number of aromatic nitrogens is 4. The Morgan fingerprint density at radius 1 is 1.17 bits per heavy atom. The van der Waals surface area contributed by atoms with Crippen molar-refractivity contribution < 1.29 is 0 Å². The summed E-state index contributed by atoms with van der Waals surface area (Å²) in [6.07, 6.45) is 1.90. The monoisotopic (exact) mass is 283 g/mol. The largest absolute Gasteiger partial charge is 0.308 e. The van der Waals surface area contributed by atoms with Gasteiger partial charge in [-0.05, 0) is 30.9 Å². The number of hydrogen-bond donors (Lipinski definition) is 1. The van der Waals surface area contributed by atoms with E-state index in [2.05, 4.69) is 45.9 Å². The van der Waals surface area contributed by atoms with Crippen LogP contribution in [0.4, 0.5) is 0 Å². The summed E-state index contributed by atoms with van der Waals surface area (Å²) < 4.78 is 3.99. The van der Waals surface area contributed by atoms with Gasteiger partial charge >= 0.3 is 0 Å². The Hall–Kier alpha value is -0.920. The van der Waals surface area contributed by atoms with Gasteiger partial charge in [0.25, 0.3) is 0 Å². The molecule has 0 aliphatic carbocycles. The third kappa shape index (κ3) is 2.73. The van der Waals surface area contributed by atoms with Crippen LogP contribution in [0.15, 0.2) is 0 Å². The molecule has 0 saturated carbocycles. The van der Waals surface area contributed by atoms with Crippen LogP contribution in [0.5, 0.6) is 0 Å². The van der Waals surface area contributed by atoms with Crippen LogP contribution in [0, 0.1) is 0 Å². The second kappa shape index (κ2) is 6.31. The lowest BCUT2D eigenvalue weighted by Gasteiger charge is -2.10. The molecule has 2 heterocycles. The quantitative estimate of drug-likeness (QED) is 0.883. The predicted molar refractivity (Wildman–Crippen MR) is 74.9 cm³/mol. The van der Waals surface area contributed by atoms with Crippen LogP contribution in [0.3, 0.4) is 0 Å². The minimum atomic E-state index is 0.298. The zero-order valence-corrected chi connectivity index (χ0v) is 12.4. The van der Waals surface area contributed by atoms with Crippen molar-refractivity contribution >= 4 is 22.9 Å². The summed E-state index contributed by atoms with van der Waals surface area (Å²) in [4.78, 5) is 1.06. The lowest BCUT2D eigenvalue weighted by molar-refractivity contribution is 0.531. The van der Waals surface area contributed by atoms with E-state index >= 15 is 0 Å². The molecule has 1 N–H and O–H groups in total. The SMILES string of the molecule is CCNC(CC)c1nnc(-c2snnc2CC)s1. The topological polar surface area (TPSA) is 63.6 Å². The molecule has 2 aromatic heterocycles. The predicted octanol–water partition coefficient (Wildman–Crippen LogP) is 2.68. The van der Waals surface area contributed by atoms with Crippen LogP contribution in [-0.4, -0.2) is 26.3 Å². The number of hydrogen-bond acceptors (Lipinski definition) is 7. The number of aryl methyl sites for hydroxylation is 1. The molecule has 2 rings (SSSR count). The first-order valence-corrected chi connectivity index (χ1v) is 7.77. The molecule has 0 radical (unpaired) electrons. The Morgan fingerprint density at radius 3 is 2.67 bits per heavy atom. The maximum absolute atomic E-state index is 4.29. The van der Waals surface area contributed by atoms with Gasteiger partial charge < -0.3 is 5.32 Å². The minimum absolute atomic E-state index is 0.298. The van der Waals surface area contributed by atoms with E-state index in [0.29, 0.717) is 6.04 Å². The van der Waals surface area contributed by atoms with Crippen molar-refractivity contribution in [3.8, 4) is 9.88 Å². The van der Waals surface area contributed by atoms with Crippen LogP contribution in [0.2, 0.25) is 0 Å². The van der Waals surface area contributed by atoms with E-state index in [1.807, 2.05) is 0 Å². The zero-order chi connectivity index (χ0) is 13.0. The van der Waals surface area contributed by atoms with Gasteiger partial charge in [-0.25, -0.2) is 0 Å². The lowest BCUT2D eigenvalue weighted by Crippen LogP contribution is -2.19. The van der Waals surface area contributed by atoms with Gasteiger partial charge in [0, 0.05) is 0 Å². The third-order valence-electron chi connectivity index (χ3n) is 2.68. The second-order valence-electron chi connectivity index (χ2n) is 3.87. The zero-order valence-electron chi connectivity index (χ0n) is 10.8. The van der Waals surface area contributed by atoms with Crippen LogP contribution >= 0.6 is 22.9 Å². The van der Waals surface area contributed by atoms with E-state index in [1.54, 1.807) is 11.3 Å². The lowest BCUT2D eigenvalue weighted by atomic mass is 10.2. The summed E-state index contributed by atoms with van der Waals surface area (Å²) in [6.45, 7) is 7.28. The van der Waals surface area contributed by atoms with Crippen LogP contribution in [-0.2, 0) is 6.42 Å². The summed E-state index contributed by atoms with van der Waals surface area (Å²) in [5.41, 5.74) is 1.01. The van der Waals surface area contributed by atoms with Gasteiger partial charge in [-0.15, -0.1) is 15.3 Å². The first kappa shape index (κ1) is 13.5. The van der Waals surface area contributed by atoms with Crippen molar-refractivity contribution in [3.05, 3.63) is 10.7 Å². The van der Waals surface area contributed by atoms with Gasteiger partial charge in [-0.2, -0.15) is 0 Å². The Balaban J connectivity index is 2.24. The molecule has 98 valence electrons. The van der Waals surface area contributed by atoms with Crippen molar-refractivity contribution in [2.75, 3.05) is 6.54 Å². The Kier molecular flexibility index (Phi) is 4.73. The van der Waals surface area contributed by atoms with Gasteiger partial charge in [-0.1, -0.05) is 36.6 Å². The van der Waals surface area contributed by atoms with Crippen LogP contribution in [0.25, 0.3) is 9.88 Å². The van der Waals surface area contributed by atoms with E-state index in [0.717, 1.165) is 40.0 Å². The third-order valence-corrected chi connectivity index (χ3v) is 4.64. The Bertz CT molecular complexity index is 493. The molecule has 0 saturated heterocycles. The number of rotatable bonds is 6. The molecule has 0 aromatic carbocycles. The van der Waals surface area contributed by atoms with Gasteiger partial charge in [0.15, 0.2) is 5.01 Å². The minimum Gasteiger partial charge on any atom is -0.308 e. The smallest absolute Gasteiger partial charge is 0.161 e. The summed E-state index contributed by atoms with van der Waals surface area (Å²) >= 11 is 3.04. The fourth-order valence-corrected chi connectivity index (χ4v) is 3.55. The summed E-state index contributed by atoms with van der Waals surface area (Å²) in [5.74, 6) is 0. The average molecular weight is 283 g/mol. The molecule has 0 aliphatic rings. The fraction of sp³-hybridized carbons (Fsp3) is 0.636. The molecule has 18 heavy (non-hydrogen) atoms. The molecule has 0 spiro atoms. The van der Waals surface area contributed by atoms with Crippen molar-refractivity contribution in [2.45, 2.75) is 39.7 Å². The van der Waals surface area contributed by atoms with Gasteiger partial charge in [0.1, 0.15) is 9.88 Å². The van der Waals surface area contributed by atoms with Crippen molar-refractivity contribution in [2.24, 2.45) is 0 Å². The molecule has 0 bridgehead atoms. The summed E-state index contributed by atoms with van der Waals surface area (Å²) in [6, 6.07) is 0.298. The molecule has 2 aromatic rings. The van der Waals surface area contributed by atoms with Crippen LogP contribution < -0.4 is 5.32 Å². The number of nitrogens with zero attached hydrogens (tertiary/aromatic N) is 4. The van der Waals surface area contributed by atoms with E-state index in [-0.39, 0.29) is 0 Å². The standard InChI is InChI=1S/C11H17N5S2/c1-4-7-9(18-16-13-7)11-15-14-10(17-11)8(5-2)12-6-3/h8,12H,4-6H2,1-3H3. The molecular weight excluding hydrogens is 266 g/mol. The second-order valence-corrected chi connectivity index (χ2v) is 5.63. The Morgan fingerprint density at radius 2 is 2.00 bits per heavy atom. The van der Waals surface area contributed by atoms with E-state index in [4.69, 9.17) is 0 Å². The van der Waals surface area contributed by atoms with E-state index < -0.39 is 0 Å². The highest BCUT2D eigenvalue weighted by Crippen LogP contribution is 2.31. The molecule has 1 atom stereocenters. The van der Waals surface area contributed by atoms with Crippen LogP contribution in [0.1, 0.15) is 43.9 Å². The van der Waals surface area contributed by atoms with Crippen molar-refractivity contribution in [1.29, 1.82) is 0 Å². The normalized spacial score (nSPS) is 12.8. The molecule has 0 amide bonds. The Labute approximate surface area is 115 Å². The molecule has 0 aliphatic heterocycles. The van der Waals surface area contributed by atoms with Gasteiger partial charge in [0.2, 0.25) is 0 Å². The summed E-state index contributed by atoms with van der Waals surface area (Å²) in [5, 5.41) is 18.1. The fourth-order valence-electron chi connectivity index (χ4n) is 1.72. The van der Waals surface area contributed by atoms with E-state index in [1.165, 1.54) is 11.5 Å². The van der Waals surface area contributed by atoms with Gasteiger partial charge in [0.05, 0.1) is 11.7 Å². The van der Waals surface area contributed by atoms with Crippen molar-refractivity contribution in [1.82, 2.24) is 25.1 Å². The van der Waals surface area contributed by atoms with Crippen molar-refractivity contribution in [3.63, 3.8) is 0 Å². The highest BCUT2D eigenvalue weighted by atomic mass is 32.1. The van der Waals surface area contributed by atoms with E-state index in [9.17, 15) is 0 Å². The molecule has 5 nitrogen and oxygen atoms in total. The summed E-state index contributed by atoms with van der Waals surface area (Å²) in [7, 11) is 0. The highest BCUT2D eigenvalue weighted by Gasteiger charge is 2.18. The van der Waals surface area contributed by atoms with Gasteiger partial charge in [-0.3, -0.25) is 0 Å². The molecular formula is C11H17N5S2. The highest BCUT2D eigenvalue weighted by molar-refractivity contribution is 7.19. The molecule has 7 heteroatoms. The average Bonchev–Trinajstić information content (AvgIpc) is 3.03. The number of nitrogens with one attached hydrogen (secondary N) is 1. The maximum atomic E-state index is 4.29. The first-order valence-electron chi connectivity index (χ1n) is 6.18. The molecule has 0 fully saturated rings.